The van der Waals surface area contributed by atoms with E-state index in [2.05, 4.69) is 29.2 Å². The monoisotopic (exact) mass is 290 g/mol. The highest BCUT2D eigenvalue weighted by atomic mass is 32.1. The summed E-state index contributed by atoms with van der Waals surface area (Å²) in [5.41, 5.74) is 2.31. The van der Waals surface area contributed by atoms with Crippen LogP contribution in [0.25, 0.3) is 10.6 Å². The third-order valence-electron chi connectivity index (χ3n) is 4.05. The Hall–Kier alpha value is -1.20. The molecule has 0 saturated carbocycles. The summed E-state index contributed by atoms with van der Waals surface area (Å²) in [7, 11) is 1.94. The van der Waals surface area contributed by atoms with E-state index in [0.717, 1.165) is 29.1 Å². The molecule has 1 aliphatic heterocycles. The maximum Gasteiger partial charge on any atom is 0.126 e. The van der Waals surface area contributed by atoms with Crippen LogP contribution in [0.4, 0.5) is 0 Å². The van der Waals surface area contributed by atoms with Gasteiger partial charge in [0.1, 0.15) is 5.01 Å². The minimum Gasteiger partial charge on any atom is -0.294 e. The Morgan fingerprint density at radius 2 is 2.30 bits per heavy atom. The fourth-order valence-corrected chi connectivity index (χ4v) is 3.84. The van der Waals surface area contributed by atoms with Gasteiger partial charge in [0, 0.05) is 36.8 Å². The van der Waals surface area contributed by atoms with Gasteiger partial charge in [-0.1, -0.05) is 13.8 Å². The Balaban J connectivity index is 1.71. The van der Waals surface area contributed by atoms with Crippen molar-refractivity contribution in [1.82, 2.24) is 19.7 Å². The lowest BCUT2D eigenvalue weighted by molar-refractivity contribution is 0.197. The second kappa shape index (κ2) is 5.66. The molecule has 2 aromatic rings. The smallest absolute Gasteiger partial charge is 0.126 e. The zero-order valence-corrected chi connectivity index (χ0v) is 13.2. The fraction of sp³-hybridized carbons (Fsp3) is 0.600. The maximum absolute atomic E-state index is 4.77. The van der Waals surface area contributed by atoms with Crippen molar-refractivity contribution < 1.29 is 0 Å². The number of hydrogen-bond acceptors (Lipinski definition) is 4. The highest BCUT2D eigenvalue weighted by Crippen LogP contribution is 2.28. The average Bonchev–Trinajstić information content (AvgIpc) is 3.09. The number of hydrogen-bond donors (Lipinski definition) is 0. The average molecular weight is 290 g/mol. The first-order valence-corrected chi connectivity index (χ1v) is 8.19. The summed E-state index contributed by atoms with van der Waals surface area (Å²) in [6.45, 7) is 6.85. The first-order valence-electron chi connectivity index (χ1n) is 7.31. The lowest BCUT2D eigenvalue weighted by atomic mass is 10.0. The number of thiazole rings is 1. The molecule has 2 aromatic heterocycles. The second-order valence-electron chi connectivity index (χ2n) is 5.97. The van der Waals surface area contributed by atoms with Crippen LogP contribution in [0.5, 0.6) is 0 Å². The van der Waals surface area contributed by atoms with Crippen molar-refractivity contribution in [2.45, 2.75) is 39.3 Å². The zero-order chi connectivity index (χ0) is 14.1. The molecule has 1 aliphatic rings. The van der Waals surface area contributed by atoms with Crippen LogP contribution >= 0.6 is 11.3 Å². The summed E-state index contributed by atoms with van der Waals surface area (Å²) in [4.78, 5) is 7.36. The minimum absolute atomic E-state index is 0.721. The van der Waals surface area contributed by atoms with Crippen LogP contribution in [-0.2, 0) is 13.6 Å². The summed E-state index contributed by atoms with van der Waals surface area (Å²) in [6.07, 6.45) is 6.56. The first-order chi connectivity index (χ1) is 9.63. The Kier molecular flexibility index (Phi) is 3.89. The van der Waals surface area contributed by atoms with E-state index in [-0.39, 0.29) is 0 Å². The zero-order valence-electron chi connectivity index (χ0n) is 12.4. The highest BCUT2D eigenvalue weighted by molar-refractivity contribution is 7.13. The minimum atomic E-state index is 0.721. The molecule has 0 N–H and O–H groups in total. The Bertz CT molecular complexity index is 572. The molecule has 4 nitrogen and oxygen atoms in total. The Labute approximate surface area is 124 Å². The van der Waals surface area contributed by atoms with Crippen molar-refractivity contribution in [3.63, 3.8) is 0 Å². The quantitative estimate of drug-likeness (QED) is 0.867. The van der Waals surface area contributed by atoms with Gasteiger partial charge in [-0.25, -0.2) is 4.98 Å². The number of nitrogens with zero attached hydrogens (tertiary/aromatic N) is 4. The summed E-state index contributed by atoms with van der Waals surface area (Å²) in [6, 6.07) is 0.721. The molecule has 0 unspecified atom stereocenters. The van der Waals surface area contributed by atoms with Gasteiger partial charge in [-0.15, -0.1) is 11.3 Å². The van der Waals surface area contributed by atoms with Crippen molar-refractivity contribution in [2.75, 3.05) is 6.54 Å². The van der Waals surface area contributed by atoms with E-state index in [1.165, 1.54) is 25.1 Å². The van der Waals surface area contributed by atoms with Crippen molar-refractivity contribution >= 4 is 11.3 Å². The molecule has 0 amide bonds. The van der Waals surface area contributed by atoms with E-state index < -0.39 is 0 Å². The van der Waals surface area contributed by atoms with E-state index in [9.17, 15) is 0 Å². The van der Waals surface area contributed by atoms with Crippen LogP contribution in [-0.4, -0.2) is 32.3 Å². The summed E-state index contributed by atoms with van der Waals surface area (Å²) >= 11 is 1.72. The van der Waals surface area contributed by atoms with Crippen LogP contribution in [0.3, 0.4) is 0 Å². The molecule has 0 spiro atoms. The van der Waals surface area contributed by atoms with Crippen LogP contribution in [0.15, 0.2) is 17.8 Å². The first kappa shape index (κ1) is 13.8. The van der Waals surface area contributed by atoms with Crippen molar-refractivity contribution in [3.05, 3.63) is 23.5 Å². The van der Waals surface area contributed by atoms with E-state index in [0.29, 0.717) is 0 Å². The summed E-state index contributed by atoms with van der Waals surface area (Å²) in [5, 5.41) is 7.48. The van der Waals surface area contributed by atoms with Gasteiger partial charge in [0.25, 0.3) is 0 Å². The topological polar surface area (TPSA) is 34.0 Å². The van der Waals surface area contributed by atoms with Gasteiger partial charge in [-0.3, -0.25) is 9.58 Å². The molecule has 3 rings (SSSR count). The van der Waals surface area contributed by atoms with Gasteiger partial charge in [0.2, 0.25) is 0 Å². The number of aryl methyl sites for hydroxylation is 1. The number of likely N-dealkylation sites (tertiary alicyclic amines) is 1. The molecule has 3 heterocycles. The standard InChI is InChI=1S/C15H22N4S/c1-11(2)14-5-4-6-19(14)9-13-10-20-15(17-13)12-7-16-18(3)8-12/h7-8,10-11,14H,4-6,9H2,1-3H3/t14-/m1/s1. The maximum atomic E-state index is 4.77. The van der Waals surface area contributed by atoms with Gasteiger partial charge in [-0.2, -0.15) is 5.10 Å². The van der Waals surface area contributed by atoms with Crippen LogP contribution < -0.4 is 0 Å². The largest absolute Gasteiger partial charge is 0.294 e. The van der Waals surface area contributed by atoms with E-state index in [1.807, 2.05) is 24.1 Å². The Morgan fingerprint density at radius 3 is 3.00 bits per heavy atom. The third kappa shape index (κ3) is 2.79. The van der Waals surface area contributed by atoms with E-state index >= 15 is 0 Å². The molecule has 0 aromatic carbocycles. The molecule has 1 atom stereocenters. The van der Waals surface area contributed by atoms with Crippen LogP contribution in [0.1, 0.15) is 32.4 Å². The van der Waals surface area contributed by atoms with E-state index in [4.69, 9.17) is 4.98 Å². The van der Waals surface area contributed by atoms with Crippen molar-refractivity contribution in [1.29, 1.82) is 0 Å². The normalized spacial score (nSPS) is 20.1. The third-order valence-corrected chi connectivity index (χ3v) is 4.99. The molecule has 1 saturated heterocycles. The van der Waals surface area contributed by atoms with Crippen molar-refractivity contribution in [2.24, 2.45) is 13.0 Å². The number of rotatable bonds is 4. The van der Waals surface area contributed by atoms with Gasteiger partial charge < -0.3 is 0 Å². The second-order valence-corrected chi connectivity index (χ2v) is 6.83. The number of aromatic nitrogens is 3. The molecule has 1 fully saturated rings. The lowest BCUT2D eigenvalue weighted by Crippen LogP contribution is -2.32. The molecular formula is C15H22N4S. The van der Waals surface area contributed by atoms with Gasteiger partial charge in [0.05, 0.1) is 11.9 Å². The molecule has 108 valence electrons. The Morgan fingerprint density at radius 1 is 1.45 bits per heavy atom. The highest BCUT2D eigenvalue weighted by Gasteiger charge is 2.27. The molecule has 0 radical (unpaired) electrons. The molecule has 5 heteroatoms. The summed E-state index contributed by atoms with van der Waals surface area (Å²) < 4.78 is 1.83. The van der Waals surface area contributed by atoms with Gasteiger partial charge >= 0.3 is 0 Å². The lowest BCUT2D eigenvalue weighted by Gasteiger charge is -2.26. The van der Waals surface area contributed by atoms with Crippen LogP contribution in [0, 0.1) is 5.92 Å². The van der Waals surface area contributed by atoms with Gasteiger partial charge in [0.15, 0.2) is 0 Å². The van der Waals surface area contributed by atoms with Crippen LogP contribution in [0.2, 0.25) is 0 Å². The van der Waals surface area contributed by atoms with Crippen molar-refractivity contribution in [3.8, 4) is 10.6 Å². The SMILES string of the molecule is CC(C)[C@H]1CCCN1Cc1csc(-c2cnn(C)c2)n1. The van der Waals surface area contributed by atoms with Gasteiger partial charge in [-0.05, 0) is 25.3 Å². The fourth-order valence-electron chi connectivity index (χ4n) is 3.06. The molecule has 20 heavy (non-hydrogen) atoms. The molecule has 0 bridgehead atoms. The predicted molar refractivity (Wildman–Crippen MR) is 82.6 cm³/mol. The molecular weight excluding hydrogens is 268 g/mol. The van der Waals surface area contributed by atoms with E-state index in [1.54, 1.807) is 11.3 Å². The molecule has 0 aliphatic carbocycles. The summed E-state index contributed by atoms with van der Waals surface area (Å²) in [5.74, 6) is 0.730. The predicted octanol–water partition coefficient (Wildman–Crippen LogP) is 3.16.